The molecular formula is C37H37F3N6O8. The Kier molecular flexibility index (Phi) is 10.7. The molecule has 1 aliphatic rings. The number of anilines is 1. The molecule has 3 aromatic carbocycles. The highest BCUT2D eigenvalue weighted by Gasteiger charge is 2.51. The van der Waals surface area contributed by atoms with Gasteiger partial charge in [-0.3, -0.25) is 29.3 Å². The summed E-state index contributed by atoms with van der Waals surface area (Å²) in [6.45, 7) is 2.78. The van der Waals surface area contributed by atoms with Gasteiger partial charge in [0, 0.05) is 5.92 Å². The third-order valence-corrected chi connectivity index (χ3v) is 9.04. The van der Waals surface area contributed by atoms with Gasteiger partial charge in [-0.15, -0.1) is 0 Å². The summed E-state index contributed by atoms with van der Waals surface area (Å²) in [5.74, 6) is -2.35. The number of rotatable bonds is 12. The van der Waals surface area contributed by atoms with E-state index < -0.39 is 66.2 Å². The van der Waals surface area contributed by atoms with Crippen LogP contribution in [0.15, 0.2) is 90.0 Å². The first-order chi connectivity index (χ1) is 25.8. The van der Waals surface area contributed by atoms with Crippen LogP contribution in [0.2, 0.25) is 0 Å². The van der Waals surface area contributed by atoms with Crippen LogP contribution in [0.1, 0.15) is 36.8 Å². The normalized spacial score (nSPS) is 18.8. The van der Waals surface area contributed by atoms with Gasteiger partial charge >= 0.3 is 12.1 Å². The number of halogens is 3. The fourth-order valence-corrected chi connectivity index (χ4v) is 6.24. The molecule has 0 bridgehead atoms. The molecule has 4 atom stereocenters. The molecule has 1 saturated heterocycles. The Morgan fingerprint density at radius 3 is 2.06 bits per heavy atom. The van der Waals surface area contributed by atoms with E-state index in [0.29, 0.717) is 28.2 Å². The summed E-state index contributed by atoms with van der Waals surface area (Å²) < 4.78 is 65.9. The quantitative estimate of drug-likeness (QED) is 0.136. The van der Waals surface area contributed by atoms with E-state index in [0.717, 1.165) is 10.9 Å². The number of hydrogen-bond acceptors (Lipinski definition) is 10. The van der Waals surface area contributed by atoms with Crippen LogP contribution in [0.5, 0.6) is 11.5 Å². The Morgan fingerprint density at radius 1 is 0.944 bits per heavy atom. The molecule has 284 valence electrons. The molecule has 6 rings (SSSR count). The van der Waals surface area contributed by atoms with Crippen LogP contribution in [-0.2, 0) is 24.7 Å². The van der Waals surface area contributed by atoms with E-state index in [-0.39, 0.29) is 17.1 Å². The van der Waals surface area contributed by atoms with E-state index in [9.17, 15) is 32.7 Å². The topological polar surface area (TPSA) is 179 Å². The molecule has 2 aromatic heterocycles. The number of fused-ring (bicyclic) bond motifs is 1. The SMILES string of the molecule is COc1ccc(C(OC[C@H]2O[C@@H](n3cnc4c(=O)[nH]c(NC(=O)C(C)C)nc43)[C@H](O)[C@@H]2NC(=O)C(F)(F)F)(c2ccccc2)c2ccc(OC)cc2)cc1. The second-order valence-electron chi connectivity index (χ2n) is 12.8. The van der Waals surface area contributed by atoms with Crippen molar-refractivity contribution in [2.24, 2.45) is 5.92 Å². The molecule has 1 aliphatic heterocycles. The Morgan fingerprint density at radius 2 is 1.52 bits per heavy atom. The smallest absolute Gasteiger partial charge is 0.471 e. The van der Waals surface area contributed by atoms with E-state index in [1.165, 1.54) is 14.2 Å². The standard InChI is InChI=1S/C37H37F3N6O8/c1-20(2)31(48)44-35-43-30-28(32(49)45-35)41-19-46(30)33-29(47)27(42-34(50)37(38,39)40)26(54-33)18-53-36(21-8-6-5-7-9-21,22-10-14-24(51-3)15-11-22)23-12-16-25(52-4)17-13-23/h5-17,19-20,26-27,29,33,47H,18H2,1-4H3,(H,42,50)(H2,43,44,45,48,49)/t26-,27-,29-,33-/m1/s1. The summed E-state index contributed by atoms with van der Waals surface area (Å²) in [6, 6.07) is 21.4. The molecule has 14 nitrogen and oxygen atoms in total. The Balaban J connectivity index is 1.44. The first-order valence-electron chi connectivity index (χ1n) is 16.7. The molecular weight excluding hydrogens is 713 g/mol. The van der Waals surface area contributed by atoms with Crippen LogP contribution in [0.3, 0.4) is 0 Å². The number of aliphatic hydroxyl groups excluding tert-OH is 1. The van der Waals surface area contributed by atoms with Crippen molar-refractivity contribution in [2.45, 2.75) is 50.1 Å². The third-order valence-electron chi connectivity index (χ3n) is 9.04. The minimum absolute atomic E-state index is 0.153. The summed E-state index contributed by atoms with van der Waals surface area (Å²) in [5.41, 5.74) is -0.697. The number of methoxy groups -OCH3 is 2. The van der Waals surface area contributed by atoms with Gasteiger partial charge in [0.1, 0.15) is 29.3 Å². The van der Waals surface area contributed by atoms with Gasteiger partial charge in [0.05, 0.1) is 33.2 Å². The number of hydrogen-bond donors (Lipinski definition) is 4. The van der Waals surface area contributed by atoms with Gasteiger partial charge in [0.2, 0.25) is 11.9 Å². The van der Waals surface area contributed by atoms with Crippen molar-refractivity contribution in [2.75, 3.05) is 26.1 Å². The van der Waals surface area contributed by atoms with Gasteiger partial charge < -0.3 is 29.4 Å². The number of carbonyl (C=O) groups excluding carboxylic acids is 2. The zero-order valence-corrected chi connectivity index (χ0v) is 29.5. The van der Waals surface area contributed by atoms with Gasteiger partial charge in [-0.25, -0.2) is 4.98 Å². The zero-order valence-electron chi connectivity index (χ0n) is 29.5. The number of benzene rings is 3. The van der Waals surface area contributed by atoms with E-state index in [1.807, 2.05) is 23.5 Å². The monoisotopic (exact) mass is 750 g/mol. The molecule has 1 fully saturated rings. The maximum Gasteiger partial charge on any atom is 0.471 e. The summed E-state index contributed by atoms with van der Waals surface area (Å²) in [4.78, 5) is 48.4. The lowest BCUT2D eigenvalue weighted by Gasteiger charge is -2.37. The van der Waals surface area contributed by atoms with Crippen LogP contribution < -0.4 is 25.7 Å². The highest BCUT2D eigenvalue weighted by molar-refractivity contribution is 5.91. The zero-order chi connectivity index (χ0) is 38.8. The first kappa shape index (κ1) is 38.0. The third kappa shape index (κ3) is 7.37. The number of aliphatic hydroxyl groups is 1. The number of H-pyrrole nitrogens is 1. The molecule has 0 radical (unpaired) electrons. The predicted molar refractivity (Wildman–Crippen MR) is 188 cm³/mol. The van der Waals surface area contributed by atoms with Crippen molar-refractivity contribution in [3.05, 3.63) is 112 Å². The van der Waals surface area contributed by atoms with Gasteiger partial charge in [-0.1, -0.05) is 68.4 Å². The molecule has 4 N–H and O–H groups in total. The lowest BCUT2D eigenvalue weighted by Crippen LogP contribution is -2.53. The summed E-state index contributed by atoms with van der Waals surface area (Å²) >= 11 is 0. The molecule has 0 aliphatic carbocycles. The number of nitrogens with one attached hydrogen (secondary N) is 3. The maximum atomic E-state index is 13.7. The lowest BCUT2D eigenvalue weighted by atomic mass is 9.80. The molecule has 0 spiro atoms. The van der Waals surface area contributed by atoms with Gasteiger partial charge in [0.15, 0.2) is 17.4 Å². The molecule has 17 heteroatoms. The molecule has 5 aromatic rings. The predicted octanol–water partition coefficient (Wildman–Crippen LogP) is 4.05. The van der Waals surface area contributed by atoms with Crippen molar-refractivity contribution < 1.29 is 46.8 Å². The number of amides is 2. The number of carbonyl (C=O) groups is 2. The van der Waals surface area contributed by atoms with E-state index in [2.05, 4.69) is 20.3 Å². The van der Waals surface area contributed by atoms with Crippen molar-refractivity contribution in [3.8, 4) is 11.5 Å². The van der Waals surface area contributed by atoms with Crippen molar-refractivity contribution in [3.63, 3.8) is 0 Å². The number of imidazole rings is 1. The number of nitrogens with zero attached hydrogens (tertiary/aromatic N) is 3. The van der Waals surface area contributed by atoms with Crippen LogP contribution in [0, 0.1) is 5.92 Å². The highest BCUT2D eigenvalue weighted by atomic mass is 19.4. The minimum atomic E-state index is -5.30. The number of aromatic amines is 1. The Hall–Kier alpha value is -5.78. The van der Waals surface area contributed by atoms with E-state index in [4.69, 9.17) is 18.9 Å². The number of ether oxygens (including phenoxy) is 4. The largest absolute Gasteiger partial charge is 0.497 e. The minimum Gasteiger partial charge on any atom is -0.497 e. The maximum absolute atomic E-state index is 13.7. The van der Waals surface area contributed by atoms with E-state index >= 15 is 0 Å². The fourth-order valence-electron chi connectivity index (χ4n) is 6.24. The van der Waals surface area contributed by atoms with Gasteiger partial charge in [0.25, 0.3) is 5.56 Å². The van der Waals surface area contributed by atoms with Gasteiger partial charge in [-0.05, 0) is 41.0 Å². The molecule has 0 saturated carbocycles. The fraction of sp³-hybridized carbons (Fsp3) is 0.324. The average molecular weight is 751 g/mol. The van der Waals surface area contributed by atoms with Crippen LogP contribution in [0.25, 0.3) is 11.2 Å². The molecule has 2 amide bonds. The second-order valence-corrected chi connectivity index (χ2v) is 12.8. The molecule has 54 heavy (non-hydrogen) atoms. The van der Waals surface area contributed by atoms with Crippen molar-refractivity contribution >= 4 is 28.9 Å². The Labute approximate surface area is 306 Å². The average Bonchev–Trinajstić information content (AvgIpc) is 3.72. The lowest BCUT2D eigenvalue weighted by molar-refractivity contribution is -0.175. The van der Waals surface area contributed by atoms with Crippen LogP contribution in [-0.4, -0.2) is 81.7 Å². The molecule has 0 unspecified atom stereocenters. The van der Waals surface area contributed by atoms with Crippen molar-refractivity contribution in [1.82, 2.24) is 24.8 Å². The number of alkyl halides is 3. The van der Waals surface area contributed by atoms with Gasteiger partial charge in [-0.2, -0.15) is 18.2 Å². The van der Waals surface area contributed by atoms with Crippen LogP contribution >= 0.6 is 0 Å². The summed E-state index contributed by atoms with van der Waals surface area (Å²) in [5, 5.41) is 16.0. The Bertz CT molecular complexity index is 2110. The molecule has 3 heterocycles. The first-order valence-corrected chi connectivity index (χ1v) is 16.7. The van der Waals surface area contributed by atoms with E-state index in [1.54, 1.807) is 74.5 Å². The highest BCUT2D eigenvalue weighted by Crippen LogP contribution is 2.43. The van der Waals surface area contributed by atoms with Crippen molar-refractivity contribution in [1.29, 1.82) is 0 Å². The summed E-state index contributed by atoms with van der Waals surface area (Å²) in [6.07, 6.45) is -8.98. The number of aromatic nitrogens is 4. The van der Waals surface area contributed by atoms with Crippen LogP contribution in [0.4, 0.5) is 19.1 Å². The summed E-state index contributed by atoms with van der Waals surface area (Å²) in [7, 11) is 3.04. The second kappa shape index (κ2) is 15.3.